The van der Waals surface area contributed by atoms with Crippen LogP contribution in [0.1, 0.15) is 37.8 Å². The second-order valence-electron chi connectivity index (χ2n) is 7.22. The van der Waals surface area contributed by atoms with E-state index in [1.165, 1.54) is 5.56 Å². The van der Waals surface area contributed by atoms with Crippen LogP contribution in [0.3, 0.4) is 0 Å². The number of nitrogens with one attached hydrogen (secondary N) is 1. The van der Waals surface area contributed by atoms with E-state index in [0.29, 0.717) is 13.1 Å². The van der Waals surface area contributed by atoms with E-state index in [2.05, 4.69) is 22.4 Å². The van der Waals surface area contributed by atoms with Gasteiger partial charge in [0.2, 0.25) is 0 Å². The molecule has 0 aliphatic carbocycles. The summed E-state index contributed by atoms with van der Waals surface area (Å²) in [7, 11) is 0. The lowest BCUT2D eigenvalue weighted by molar-refractivity contribution is 0.00979. The molecule has 0 bridgehead atoms. The number of imidazole rings is 1. The summed E-state index contributed by atoms with van der Waals surface area (Å²) in [5.74, 6) is 0. The van der Waals surface area contributed by atoms with Crippen LogP contribution >= 0.6 is 0 Å². The Morgan fingerprint density at radius 1 is 1.40 bits per heavy atom. The summed E-state index contributed by atoms with van der Waals surface area (Å²) < 4.78 is 2.01. The van der Waals surface area contributed by atoms with Crippen molar-refractivity contribution in [3.05, 3.63) is 54.1 Å². The van der Waals surface area contributed by atoms with E-state index in [0.717, 1.165) is 24.9 Å². The highest BCUT2D eigenvalue weighted by Gasteiger charge is 2.38. The van der Waals surface area contributed by atoms with Crippen molar-refractivity contribution in [3.63, 3.8) is 0 Å². The van der Waals surface area contributed by atoms with E-state index < -0.39 is 5.60 Å². The van der Waals surface area contributed by atoms with Gasteiger partial charge in [-0.25, -0.2) is 9.78 Å². The summed E-state index contributed by atoms with van der Waals surface area (Å²) in [5.41, 5.74) is 1.35. The molecule has 1 aliphatic heterocycles. The molecule has 2 heterocycles. The predicted octanol–water partition coefficient (Wildman–Crippen LogP) is 2.38. The van der Waals surface area contributed by atoms with Gasteiger partial charge in [-0.1, -0.05) is 24.3 Å². The molecule has 1 atom stereocenters. The van der Waals surface area contributed by atoms with Crippen molar-refractivity contribution in [2.45, 2.75) is 51.4 Å². The summed E-state index contributed by atoms with van der Waals surface area (Å²) in [5, 5.41) is 13.2. The second-order valence-corrected chi connectivity index (χ2v) is 7.22. The van der Waals surface area contributed by atoms with Gasteiger partial charge in [0, 0.05) is 32.0 Å². The molecule has 1 aromatic carbocycles. The van der Waals surface area contributed by atoms with E-state index in [1.807, 2.05) is 22.9 Å². The molecule has 2 aromatic rings. The number of urea groups is 1. The Bertz CT molecular complexity index is 706. The molecule has 3 rings (SSSR count). The van der Waals surface area contributed by atoms with Gasteiger partial charge in [0.1, 0.15) is 0 Å². The molecule has 1 fully saturated rings. The van der Waals surface area contributed by atoms with Gasteiger partial charge in [-0.2, -0.15) is 0 Å². The molecule has 0 saturated carbocycles. The predicted molar refractivity (Wildman–Crippen MR) is 96.0 cm³/mol. The number of aromatic nitrogens is 2. The first-order valence-electron chi connectivity index (χ1n) is 8.74. The second kappa shape index (κ2) is 7.27. The number of hydrogen-bond donors (Lipinski definition) is 2. The van der Waals surface area contributed by atoms with Crippen LogP contribution in [0.4, 0.5) is 4.79 Å². The van der Waals surface area contributed by atoms with Crippen molar-refractivity contribution in [3.8, 4) is 0 Å². The highest BCUT2D eigenvalue weighted by Crippen LogP contribution is 2.26. The highest BCUT2D eigenvalue weighted by atomic mass is 16.3. The van der Waals surface area contributed by atoms with Crippen LogP contribution in [0.5, 0.6) is 0 Å². The van der Waals surface area contributed by atoms with Crippen LogP contribution in [0.2, 0.25) is 0 Å². The summed E-state index contributed by atoms with van der Waals surface area (Å²) in [4.78, 5) is 18.3. The minimum atomic E-state index is -0.876. The van der Waals surface area contributed by atoms with Gasteiger partial charge >= 0.3 is 6.03 Å². The van der Waals surface area contributed by atoms with Crippen LogP contribution in [0.25, 0.3) is 0 Å². The quantitative estimate of drug-likeness (QED) is 0.876. The fourth-order valence-corrected chi connectivity index (χ4v) is 3.45. The highest BCUT2D eigenvalue weighted by molar-refractivity contribution is 5.75. The van der Waals surface area contributed by atoms with Crippen molar-refractivity contribution < 1.29 is 9.90 Å². The van der Waals surface area contributed by atoms with Gasteiger partial charge < -0.3 is 19.9 Å². The van der Waals surface area contributed by atoms with Crippen LogP contribution in [0.15, 0.2) is 43.0 Å². The van der Waals surface area contributed by atoms with Crippen molar-refractivity contribution in [1.29, 1.82) is 0 Å². The van der Waals surface area contributed by atoms with Crippen LogP contribution in [0, 0.1) is 0 Å². The maximum atomic E-state index is 12.5. The minimum absolute atomic E-state index is 0.107. The van der Waals surface area contributed by atoms with Crippen molar-refractivity contribution >= 4 is 6.03 Å². The first-order chi connectivity index (χ1) is 11.9. The lowest BCUT2D eigenvalue weighted by Gasteiger charge is -2.33. The lowest BCUT2D eigenvalue weighted by Crippen LogP contribution is -2.51. The molecule has 2 amide bonds. The Hall–Kier alpha value is -2.34. The maximum absolute atomic E-state index is 12.5. The number of amides is 2. The number of rotatable bonds is 5. The van der Waals surface area contributed by atoms with Gasteiger partial charge in [-0.15, -0.1) is 0 Å². The number of hydrogen-bond acceptors (Lipinski definition) is 3. The van der Waals surface area contributed by atoms with E-state index >= 15 is 0 Å². The van der Waals surface area contributed by atoms with Gasteiger partial charge in [0.25, 0.3) is 0 Å². The van der Waals surface area contributed by atoms with Crippen molar-refractivity contribution in [2.24, 2.45) is 0 Å². The first kappa shape index (κ1) is 17.5. The molecule has 0 radical (unpaired) electrons. The van der Waals surface area contributed by atoms with E-state index in [-0.39, 0.29) is 12.1 Å². The summed E-state index contributed by atoms with van der Waals surface area (Å²) in [6, 6.07) is 7.94. The molecule has 134 valence electrons. The average Bonchev–Trinajstić information content (AvgIpc) is 3.23. The van der Waals surface area contributed by atoms with Crippen LogP contribution in [-0.4, -0.2) is 43.8 Å². The number of benzene rings is 1. The monoisotopic (exact) mass is 342 g/mol. The average molecular weight is 342 g/mol. The van der Waals surface area contributed by atoms with E-state index in [4.69, 9.17) is 0 Å². The van der Waals surface area contributed by atoms with E-state index in [1.54, 1.807) is 31.3 Å². The number of likely N-dealkylation sites (tertiary alicyclic amines) is 1. The number of nitrogens with zero attached hydrogens (tertiary/aromatic N) is 3. The molecule has 6 heteroatoms. The number of aliphatic hydroxyl groups is 1. The Balaban J connectivity index is 1.59. The summed E-state index contributed by atoms with van der Waals surface area (Å²) >= 11 is 0. The van der Waals surface area contributed by atoms with E-state index in [9.17, 15) is 9.90 Å². The third-order valence-electron chi connectivity index (χ3n) is 4.69. The molecule has 6 nitrogen and oxygen atoms in total. The zero-order valence-electron chi connectivity index (χ0n) is 14.9. The molecular weight excluding hydrogens is 316 g/mol. The molecule has 1 aliphatic rings. The Morgan fingerprint density at radius 3 is 2.92 bits per heavy atom. The van der Waals surface area contributed by atoms with Crippen LogP contribution in [-0.2, 0) is 13.1 Å². The topological polar surface area (TPSA) is 70.4 Å². The normalized spacial score (nSPS) is 17.7. The molecule has 1 saturated heterocycles. The fourth-order valence-electron chi connectivity index (χ4n) is 3.45. The smallest absolute Gasteiger partial charge is 0.318 e. The maximum Gasteiger partial charge on any atom is 0.318 e. The van der Waals surface area contributed by atoms with Crippen molar-refractivity contribution in [1.82, 2.24) is 19.8 Å². The fraction of sp³-hybridized carbons (Fsp3) is 0.474. The molecule has 1 unspecified atom stereocenters. The Morgan fingerprint density at radius 2 is 2.20 bits per heavy atom. The van der Waals surface area contributed by atoms with Gasteiger partial charge in [-0.3, -0.25) is 0 Å². The Labute approximate surface area is 148 Å². The zero-order valence-corrected chi connectivity index (χ0v) is 14.9. The van der Waals surface area contributed by atoms with Gasteiger partial charge in [0.15, 0.2) is 0 Å². The van der Waals surface area contributed by atoms with Crippen LogP contribution < -0.4 is 5.32 Å². The molecule has 2 N–H and O–H groups in total. The van der Waals surface area contributed by atoms with Crippen molar-refractivity contribution in [2.75, 3.05) is 6.54 Å². The Kier molecular flexibility index (Phi) is 5.08. The molecule has 0 spiro atoms. The first-order valence-corrected chi connectivity index (χ1v) is 8.74. The SMILES string of the molecule is CC(C)(O)C1CCCN1C(=O)NCc1cccc(Cn2ccnc2)c1. The standard InChI is InChI=1S/C19H26N4O2/c1-19(2,25)17-7-4-9-23(17)18(24)21-12-15-5-3-6-16(11-15)13-22-10-8-20-14-22/h3,5-6,8,10-11,14,17,25H,4,7,9,12-13H2,1-2H3,(H,21,24). The minimum Gasteiger partial charge on any atom is -0.388 e. The summed E-state index contributed by atoms with van der Waals surface area (Å²) in [6.07, 6.45) is 7.26. The van der Waals surface area contributed by atoms with Gasteiger partial charge in [0.05, 0.1) is 18.0 Å². The number of carbonyl (C=O) groups is 1. The largest absolute Gasteiger partial charge is 0.388 e. The third-order valence-corrected chi connectivity index (χ3v) is 4.69. The zero-order chi connectivity index (χ0) is 17.9. The molecule has 25 heavy (non-hydrogen) atoms. The van der Waals surface area contributed by atoms with Gasteiger partial charge in [-0.05, 0) is 37.8 Å². The number of carbonyl (C=O) groups excluding carboxylic acids is 1. The summed E-state index contributed by atoms with van der Waals surface area (Å²) in [6.45, 7) is 5.47. The molecular formula is C19H26N4O2. The lowest BCUT2D eigenvalue weighted by atomic mass is 9.97. The third kappa shape index (κ3) is 4.39. The molecule has 1 aromatic heterocycles.